The SMILES string of the molecule is COc1ccc2cc(-c3ccnc(OCCCF)n3)sc2c1. The number of aromatic nitrogens is 2. The number of hydrogen-bond acceptors (Lipinski definition) is 5. The van der Waals surface area contributed by atoms with Crippen LogP contribution in [0.25, 0.3) is 20.7 Å². The van der Waals surface area contributed by atoms with Crippen molar-refractivity contribution in [3.63, 3.8) is 0 Å². The molecular formula is C16H15FN2O2S. The molecule has 0 fully saturated rings. The fourth-order valence-corrected chi connectivity index (χ4v) is 3.09. The zero-order valence-corrected chi connectivity index (χ0v) is 12.9. The van der Waals surface area contributed by atoms with E-state index >= 15 is 0 Å². The van der Waals surface area contributed by atoms with Crippen LogP contribution in [0.3, 0.4) is 0 Å². The summed E-state index contributed by atoms with van der Waals surface area (Å²) >= 11 is 1.63. The van der Waals surface area contributed by atoms with Crippen LogP contribution in [0.15, 0.2) is 36.5 Å². The van der Waals surface area contributed by atoms with Crippen LogP contribution < -0.4 is 9.47 Å². The van der Waals surface area contributed by atoms with E-state index in [0.717, 1.165) is 26.4 Å². The molecule has 0 radical (unpaired) electrons. The summed E-state index contributed by atoms with van der Waals surface area (Å²) in [6.07, 6.45) is 1.99. The largest absolute Gasteiger partial charge is 0.497 e. The predicted octanol–water partition coefficient (Wildman–Crippen LogP) is 4.11. The molecule has 0 aliphatic rings. The smallest absolute Gasteiger partial charge is 0.316 e. The van der Waals surface area contributed by atoms with Gasteiger partial charge in [0.25, 0.3) is 0 Å². The Labute approximate surface area is 131 Å². The van der Waals surface area contributed by atoms with Crippen LogP contribution in [-0.2, 0) is 0 Å². The van der Waals surface area contributed by atoms with Gasteiger partial charge in [0.15, 0.2) is 0 Å². The van der Waals surface area contributed by atoms with E-state index in [-0.39, 0.29) is 12.6 Å². The van der Waals surface area contributed by atoms with Crippen molar-refractivity contribution in [1.82, 2.24) is 9.97 Å². The van der Waals surface area contributed by atoms with E-state index in [1.807, 2.05) is 24.3 Å². The van der Waals surface area contributed by atoms with Gasteiger partial charge in [-0.2, -0.15) is 4.98 Å². The highest BCUT2D eigenvalue weighted by Crippen LogP contribution is 2.34. The van der Waals surface area contributed by atoms with Crippen molar-refractivity contribution >= 4 is 21.4 Å². The van der Waals surface area contributed by atoms with Gasteiger partial charge in [-0.25, -0.2) is 4.98 Å². The molecule has 2 heterocycles. The van der Waals surface area contributed by atoms with Crippen LogP contribution in [0.2, 0.25) is 0 Å². The molecule has 0 amide bonds. The summed E-state index contributed by atoms with van der Waals surface area (Å²) < 4.78 is 23.8. The second-order valence-corrected chi connectivity index (χ2v) is 5.71. The third-order valence-electron chi connectivity index (χ3n) is 3.12. The van der Waals surface area contributed by atoms with Crippen molar-refractivity contribution in [3.05, 3.63) is 36.5 Å². The van der Waals surface area contributed by atoms with Crippen molar-refractivity contribution < 1.29 is 13.9 Å². The number of hydrogen-bond donors (Lipinski definition) is 0. The molecule has 3 rings (SSSR count). The molecule has 0 N–H and O–H groups in total. The first-order valence-electron chi connectivity index (χ1n) is 6.90. The van der Waals surface area contributed by atoms with Gasteiger partial charge in [-0.3, -0.25) is 4.39 Å². The van der Waals surface area contributed by atoms with Crippen molar-refractivity contribution in [2.45, 2.75) is 6.42 Å². The van der Waals surface area contributed by atoms with Gasteiger partial charge in [-0.1, -0.05) is 0 Å². The fraction of sp³-hybridized carbons (Fsp3) is 0.250. The second kappa shape index (κ2) is 6.70. The summed E-state index contributed by atoms with van der Waals surface area (Å²) in [6, 6.07) is 10.2. The molecule has 6 heteroatoms. The Morgan fingerprint density at radius 1 is 1.23 bits per heavy atom. The molecule has 0 unspecified atom stereocenters. The molecular weight excluding hydrogens is 303 g/mol. The van der Waals surface area contributed by atoms with Crippen LogP contribution >= 0.6 is 11.3 Å². The van der Waals surface area contributed by atoms with Gasteiger partial charge in [0.2, 0.25) is 0 Å². The first-order chi connectivity index (χ1) is 10.8. The number of ether oxygens (including phenoxy) is 2. The molecule has 114 valence electrons. The van der Waals surface area contributed by atoms with E-state index in [2.05, 4.69) is 16.0 Å². The van der Waals surface area contributed by atoms with Crippen LogP contribution in [0.5, 0.6) is 11.8 Å². The number of nitrogens with zero attached hydrogens (tertiary/aromatic N) is 2. The average molecular weight is 318 g/mol. The summed E-state index contributed by atoms with van der Waals surface area (Å²) in [4.78, 5) is 9.45. The summed E-state index contributed by atoms with van der Waals surface area (Å²) in [5.74, 6) is 0.832. The van der Waals surface area contributed by atoms with Gasteiger partial charge in [0, 0.05) is 17.3 Å². The Morgan fingerprint density at radius 2 is 2.14 bits per heavy atom. The average Bonchev–Trinajstić information content (AvgIpc) is 2.98. The van der Waals surface area contributed by atoms with Gasteiger partial charge in [0.05, 0.1) is 31.0 Å². The minimum Gasteiger partial charge on any atom is -0.497 e. The predicted molar refractivity (Wildman–Crippen MR) is 85.5 cm³/mol. The number of thiophene rings is 1. The van der Waals surface area contributed by atoms with Gasteiger partial charge in [-0.05, 0) is 35.7 Å². The molecule has 3 aromatic rings. The van der Waals surface area contributed by atoms with Crippen molar-refractivity contribution in [3.8, 4) is 22.3 Å². The molecule has 0 atom stereocenters. The first-order valence-corrected chi connectivity index (χ1v) is 7.71. The Morgan fingerprint density at radius 3 is 2.95 bits per heavy atom. The van der Waals surface area contributed by atoms with Crippen LogP contribution in [0.1, 0.15) is 6.42 Å². The molecule has 1 aromatic carbocycles. The lowest BCUT2D eigenvalue weighted by Gasteiger charge is -2.03. The number of fused-ring (bicyclic) bond motifs is 1. The molecule has 4 nitrogen and oxygen atoms in total. The molecule has 0 saturated heterocycles. The highest BCUT2D eigenvalue weighted by molar-refractivity contribution is 7.22. The Bertz CT molecular complexity index is 776. The summed E-state index contributed by atoms with van der Waals surface area (Å²) in [7, 11) is 1.65. The lowest BCUT2D eigenvalue weighted by Crippen LogP contribution is -2.01. The fourth-order valence-electron chi connectivity index (χ4n) is 2.03. The third-order valence-corrected chi connectivity index (χ3v) is 4.24. The Hall–Kier alpha value is -2.21. The van der Waals surface area contributed by atoms with Gasteiger partial charge in [-0.15, -0.1) is 11.3 Å². The minimum atomic E-state index is -0.405. The normalized spacial score (nSPS) is 10.8. The maximum atomic E-state index is 12.1. The number of alkyl halides is 1. The Balaban J connectivity index is 1.88. The highest BCUT2D eigenvalue weighted by atomic mass is 32.1. The molecule has 2 aromatic heterocycles. The van der Waals surface area contributed by atoms with Crippen molar-refractivity contribution in [2.24, 2.45) is 0 Å². The van der Waals surface area contributed by atoms with E-state index in [9.17, 15) is 4.39 Å². The standard InChI is InChI=1S/C16H15FN2O2S/c1-20-12-4-3-11-9-15(22-14(11)10-12)13-5-7-18-16(19-13)21-8-2-6-17/h3-5,7,9-10H,2,6,8H2,1H3. The van der Waals surface area contributed by atoms with E-state index in [0.29, 0.717) is 6.42 Å². The molecule has 0 aliphatic heterocycles. The molecule has 0 bridgehead atoms. The zero-order chi connectivity index (χ0) is 15.4. The van der Waals surface area contributed by atoms with Crippen molar-refractivity contribution in [1.29, 1.82) is 0 Å². The van der Waals surface area contributed by atoms with E-state index in [4.69, 9.17) is 9.47 Å². The number of rotatable bonds is 6. The number of halogens is 1. The monoisotopic (exact) mass is 318 g/mol. The summed E-state index contributed by atoms with van der Waals surface area (Å²) in [5, 5.41) is 1.14. The topological polar surface area (TPSA) is 44.2 Å². The van der Waals surface area contributed by atoms with Gasteiger partial charge >= 0.3 is 6.01 Å². The van der Waals surface area contributed by atoms with Gasteiger partial charge < -0.3 is 9.47 Å². The summed E-state index contributed by atoms with van der Waals surface area (Å²) in [6.45, 7) is -0.124. The lowest BCUT2D eigenvalue weighted by molar-refractivity contribution is 0.270. The van der Waals surface area contributed by atoms with E-state index in [1.165, 1.54) is 0 Å². The molecule has 0 aliphatic carbocycles. The lowest BCUT2D eigenvalue weighted by atomic mass is 10.2. The molecule has 0 saturated carbocycles. The maximum absolute atomic E-state index is 12.1. The van der Waals surface area contributed by atoms with Crippen molar-refractivity contribution in [2.75, 3.05) is 20.4 Å². The highest BCUT2D eigenvalue weighted by Gasteiger charge is 2.08. The third kappa shape index (κ3) is 3.17. The minimum absolute atomic E-state index is 0.279. The first kappa shape index (κ1) is 14.7. The van der Waals surface area contributed by atoms with E-state index < -0.39 is 6.67 Å². The van der Waals surface area contributed by atoms with Gasteiger partial charge in [0.1, 0.15) is 5.75 Å². The number of benzene rings is 1. The number of methoxy groups -OCH3 is 1. The Kier molecular flexibility index (Phi) is 4.48. The quantitative estimate of drug-likeness (QED) is 0.642. The molecule has 0 spiro atoms. The maximum Gasteiger partial charge on any atom is 0.316 e. The second-order valence-electron chi connectivity index (χ2n) is 4.63. The van der Waals surface area contributed by atoms with E-state index in [1.54, 1.807) is 24.6 Å². The van der Waals surface area contributed by atoms with Crippen LogP contribution in [0.4, 0.5) is 4.39 Å². The van der Waals surface area contributed by atoms with Crippen LogP contribution in [-0.4, -0.2) is 30.4 Å². The summed E-state index contributed by atoms with van der Waals surface area (Å²) in [5.41, 5.74) is 0.797. The molecule has 22 heavy (non-hydrogen) atoms. The zero-order valence-electron chi connectivity index (χ0n) is 12.1. The van der Waals surface area contributed by atoms with Crippen LogP contribution in [0, 0.1) is 0 Å².